The molecule has 0 amide bonds. The van der Waals surface area contributed by atoms with Gasteiger partial charge >= 0.3 is 132 Å². The molecule has 0 atom stereocenters. The van der Waals surface area contributed by atoms with Gasteiger partial charge in [-0.15, -0.1) is 0 Å². The van der Waals surface area contributed by atoms with Crippen molar-refractivity contribution in [1.82, 2.24) is 0 Å². The summed E-state index contributed by atoms with van der Waals surface area (Å²) >= 11 is 0. The number of benzene rings is 8. The van der Waals surface area contributed by atoms with Crippen molar-refractivity contribution in [3.63, 3.8) is 0 Å². The minimum atomic E-state index is 0. The van der Waals surface area contributed by atoms with E-state index >= 15 is 0 Å². The Labute approximate surface area is 841 Å². The summed E-state index contributed by atoms with van der Waals surface area (Å²) in [6, 6.07) is 62.8. The van der Waals surface area contributed by atoms with Crippen molar-refractivity contribution >= 4 is 0 Å². The van der Waals surface area contributed by atoms with Crippen LogP contribution in [0.5, 0.6) is 0 Å². The second-order valence-corrected chi connectivity index (χ2v) is 24.8. The number of rotatable bonds is 4. The van der Waals surface area contributed by atoms with Crippen LogP contribution < -0.4 is 0 Å². The average molecular weight is 2370 g/mol. The topological polar surface area (TPSA) is 55.4 Å². The normalized spacial score (nSPS) is 9.97. The Bertz CT molecular complexity index is 3960. The molecular formula is C112H108Ag4O6Pt2. The van der Waals surface area contributed by atoms with Crippen molar-refractivity contribution in [2.24, 2.45) is 0 Å². The fourth-order valence-electron chi connectivity index (χ4n) is 8.37. The van der Waals surface area contributed by atoms with Gasteiger partial charge in [-0.25, -0.2) is 47.4 Å². The zero-order chi connectivity index (χ0) is 87.2. The molecule has 8 aromatic carbocycles. The first-order valence-corrected chi connectivity index (χ1v) is 38.9. The number of hydrogen-bond acceptors (Lipinski definition) is 6. The predicted molar refractivity (Wildman–Crippen MR) is 486 cm³/mol. The van der Waals surface area contributed by atoms with Gasteiger partial charge in [0.25, 0.3) is 0 Å². The van der Waals surface area contributed by atoms with Crippen molar-refractivity contribution in [2.45, 2.75) is 134 Å². The molecule has 4 heterocycles. The van der Waals surface area contributed by atoms with E-state index in [1.54, 1.807) is 0 Å². The van der Waals surface area contributed by atoms with Crippen LogP contribution >= 0.6 is 0 Å². The van der Waals surface area contributed by atoms with E-state index in [2.05, 4.69) is 94.7 Å². The Hall–Kier alpha value is -9.18. The van der Waals surface area contributed by atoms with Crippen LogP contribution in [-0.4, -0.2) is 79.3 Å². The zero-order valence-corrected chi connectivity index (χ0v) is 83.4. The standard InChI is InChI=1S/8C11H7.4C4H8O.2C4H10O.4Ag.2Pt/c8*1-3-4-5-11-8-6-10(2)7-9-11;4*1-2-4-5-3-1;2*1-3-5-4-2;;;;;;/h8*6-9H,2H3;4*1-4H2;2*3-4H2,1-2H3;;;;;;/q8*-1;;;;;;;4*+1;2*+2. The van der Waals surface area contributed by atoms with Crippen LogP contribution in [-0.2, 0) is 160 Å². The van der Waals surface area contributed by atoms with Gasteiger partial charge < -0.3 is 79.8 Å². The van der Waals surface area contributed by atoms with Crippen molar-refractivity contribution in [3.05, 3.63) is 335 Å². The Morgan fingerprint density at radius 1 is 0.202 bits per heavy atom. The number of ether oxygens (including phenoxy) is 6. The Morgan fingerprint density at radius 2 is 0.298 bits per heavy atom. The summed E-state index contributed by atoms with van der Waals surface area (Å²) in [5.74, 6) is 57.9. The molecule has 12 heteroatoms. The minimum Gasteiger partial charge on any atom is -0.382 e. The molecule has 0 radical (unpaired) electrons. The molecule has 124 heavy (non-hydrogen) atoms. The molecule has 0 spiro atoms. The van der Waals surface area contributed by atoms with Gasteiger partial charge in [0.15, 0.2) is 0 Å². The molecular weight excluding hydrogens is 2260 g/mol. The molecule has 4 fully saturated rings. The molecule has 12 rings (SSSR count). The van der Waals surface area contributed by atoms with Gasteiger partial charge in [-0.05, 0) is 232 Å². The summed E-state index contributed by atoms with van der Waals surface area (Å²) < 4.78 is 29.4. The molecule has 0 aliphatic carbocycles. The van der Waals surface area contributed by atoms with Crippen molar-refractivity contribution in [3.8, 4) is 142 Å². The van der Waals surface area contributed by atoms with Gasteiger partial charge in [0.1, 0.15) is 0 Å². The van der Waals surface area contributed by atoms with Crippen LogP contribution in [0.3, 0.4) is 0 Å². The number of aryl methyl sites for hydroxylation is 8. The largest absolute Gasteiger partial charge is 2.00 e. The van der Waals surface area contributed by atoms with Crippen LogP contribution in [0.25, 0.3) is 0 Å². The summed E-state index contributed by atoms with van der Waals surface area (Å²) in [5, 5.41) is 0. The van der Waals surface area contributed by atoms with E-state index in [4.69, 9.17) is 79.8 Å². The summed E-state index contributed by atoms with van der Waals surface area (Å²) in [4.78, 5) is 0. The van der Waals surface area contributed by atoms with E-state index in [1.165, 1.54) is 95.9 Å². The summed E-state index contributed by atoms with van der Waals surface area (Å²) in [5.41, 5.74) is 17.1. The fourth-order valence-corrected chi connectivity index (χ4v) is 8.37. The molecule has 0 saturated carbocycles. The minimum absolute atomic E-state index is 0. The van der Waals surface area contributed by atoms with Gasteiger partial charge in [-0.2, -0.15) is 47.4 Å². The molecule has 0 unspecified atom stereocenters. The maximum atomic E-state index is 6.57. The first kappa shape index (κ1) is 130. The smallest absolute Gasteiger partial charge is 0.382 e. The maximum absolute atomic E-state index is 6.57. The Kier molecular flexibility index (Phi) is 104. The number of hydrogen-bond donors (Lipinski definition) is 0. The van der Waals surface area contributed by atoms with E-state index in [1.807, 2.05) is 325 Å². The maximum Gasteiger partial charge on any atom is 2.00 e. The molecule has 4 aliphatic heterocycles. The monoisotopic (exact) mass is 2370 g/mol. The first-order valence-electron chi connectivity index (χ1n) is 38.9. The third kappa shape index (κ3) is 87.7. The summed E-state index contributed by atoms with van der Waals surface area (Å²) in [6.45, 7) is 35.6. The van der Waals surface area contributed by atoms with Gasteiger partial charge in [0, 0.05) is 124 Å². The van der Waals surface area contributed by atoms with E-state index < -0.39 is 0 Å². The third-order valence-corrected chi connectivity index (χ3v) is 14.7. The van der Waals surface area contributed by atoms with Crippen LogP contribution in [0, 0.1) is 249 Å². The molecule has 0 bridgehead atoms. The summed E-state index contributed by atoms with van der Waals surface area (Å²) in [7, 11) is 0. The second kappa shape index (κ2) is 99.2. The summed E-state index contributed by atoms with van der Waals surface area (Å²) in [6.07, 6.45) is 62.8. The molecule has 656 valence electrons. The van der Waals surface area contributed by atoms with Gasteiger partial charge in [0.05, 0.1) is 0 Å². The zero-order valence-electron chi connectivity index (χ0n) is 72.9. The molecule has 8 aromatic rings. The SMILES string of the molecule is C1CCOC1.C1CCOC1.C1CCOC1.C1CCOC1.CCOCC.CCOCC.[Ag+].[Ag+].[Ag+].[Ag+].[C-]#CC#Cc1ccc(C)cc1.[C-]#CC#Cc1ccc(C)cc1.[C-]#CC#Cc1ccc(C)cc1.[C-]#CC#Cc1ccc(C)cc1.[C-]#CC#Cc1ccc(C)cc1.[C-]#CC#Cc1ccc(C)cc1.[C-]#CC#Cc1ccc(C)cc1.[C-]#CC#Cc1ccc(C)cc1.[Pt+2].[Pt+2]. The molecule has 4 aliphatic rings. The van der Waals surface area contributed by atoms with E-state index in [9.17, 15) is 0 Å². The van der Waals surface area contributed by atoms with Crippen molar-refractivity contribution in [2.75, 3.05) is 79.3 Å². The molecule has 6 nitrogen and oxygen atoms in total. The van der Waals surface area contributed by atoms with Crippen LogP contribution in [0.1, 0.15) is 168 Å². The molecule has 4 saturated heterocycles. The molecule has 0 N–H and O–H groups in total. The van der Waals surface area contributed by atoms with E-state index in [-0.39, 0.29) is 132 Å². The van der Waals surface area contributed by atoms with Crippen LogP contribution in [0.15, 0.2) is 194 Å². The van der Waals surface area contributed by atoms with Crippen molar-refractivity contribution in [1.29, 1.82) is 0 Å². The van der Waals surface area contributed by atoms with E-state index in [0.29, 0.717) is 0 Å². The average Bonchev–Trinajstić information content (AvgIpc) is 1.96. The van der Waals surface area contributed by atoms with Gasteiger partial charge in [-0.3, -0.25) is 47.4 Å². The second-order valence-electron chi connectivity index (χ2n) is 24.8. The fraction of sp³-hybridized carbons (Fsp3) is 0.286. The molecule has 0 aromatic heterocycles. The van der Waals surface area contributed by atoms with Crippen molar-refractivity contribution < 1.29 is 160 Å². The van der Waals surface area contributed by atoms with E-state index in [0.717, 1.165) is 124 Å². The Morgan fingerprint density at radius 3 is 0.355 bits per heavy atom. The van der Waals surface area contributed by atoms with Gasteiger partial charge in [-0.1, -0.05) is 142 Å². The third-order valence-electron chi connectivity index (χ3n) is 14.7. The predicted octanol–water partition coefficient (Wildman–Crippen LogP) is 20.7. The Balaban J connectivity index is -0.000000196. The quantitative estimate of drug-likeness (QED) is 0.0994. The van der Waals surface area contributed by atoms with Crippen LogP contribution in [0.2, 0.25) is 0 Å². The first-order chi connectivity index (χ1) is 57.4. The van der Waals surface area contributed by atoms with Gasteiger partial charge in [0.2, 0.25) is 0 Å². The van der Waals surface area contributed by atoms with Crippen LogP contribution in [0.4, 0.5) is 0 Å².